The third kappa shape index (κ3) is 2.07. The van der Waals surface area contributed by atoms with E-state index in [-0.39, 0.29) is 0 Å². The molecule has 2 heterocycles. The predicted molar refractivity (Wildman–Crippen MR) is 84.6 cm³/mol. The Kier molecular flexibility index (Phi) is 3.43. The van der Waals surface area contributed by atoms with Crippen molar-refractivity contribution in [1.82, 2.24) is 9.55 Å². The average molecular weight is 299 g/mol. The molecule has 0 saturated carbocycles. The summed E-state index contributed by atoms with van der Waals surface area (Å²) in [6.45, 7) is 2.92. The molecule has 100 valence electrons. The zero-order chi connectivity index (χ0) is 14.1. The molecule has 1 N–H and O–H groups in total. The van der Waals surface area contributed by atoms with E-state index in [1.165, 1.54) is 10.4 Å². The number of benzene rings is 1. The molecule has 1 aromatic carbocycles. The van der Waals surface area contributed by atoms with Crippen molar-refractivity contribution in [3.8, 4) is 6.07 Å². The van der Waals surface area contributed by atoms with E-state index in [1.54, 1.807) is 17.4 Å². The second kappa shape index (κ2) is 5.23. The first-order chi connectivity index (χ1) is 9.74. The van der Waals surface area contributed by atoms with E-state index in [4.69, 9.17) is 17.5 Å². The number of aryl methyl sites for hydroxylation is 1. The van der Waals surface area contributed by atoms with Gasteiger partial charge in [0.15, 0.2) is 4.77 Å². The standard InChI is InChI=1S/C15H13N3S2/c1-2-10-6-7-20-13(10)9-18-12-5-3-4-11(8-16)14(12)17-15(18)19/h3-7H,2,9H2,1H3,(H,17,19). The second-order valence-corrected chi connectivity index (χ2v) is 5.94. The Morgan fingerprint density at radius 1 is 1.40 bits per heavy atom. The Bertz CT molecular complexity index is 861. The number of hydrogen-bond donors (Lipinski definition) is 1. The Morgan fingerprint density at radius 2 is 2.25 bits per heavy atom. The van der Waals surface area contributed by atoms with Crippen molar-refractivity contribution in [1.29, 1.82) is 5.26 Å². The second-order valence-electron chi connectivity index (χ2n) is 4.55. The highest BCUT2D eigenvalue weighted by Crippen LogP contribution is 2.23. The number of aromatic nitrogens is 2. The molecule has 0 saturated heterocycles. The Hall–Kier alpha value is -1.90. The quantitative estimate of drug-likeness (QED) is 0.735. The van der Waals surface area contributed by atoms with Gasteiger partial charge in [0.25, 0.3) is 0 Å². The van der Waals surface area contributed by atoms with E-state index in [2.05, 4.69) is 34.0 Å². The molecular formula is C15H13N3S2. The Morgan fingerprint density at radius 3 is 3.00 bits per heavy atom. The summed E-state index contributed by atoms with van der Waals surface area (Å²) in [7, 11) is 0. The van der Waals surface area contributed by atoms with Crippen LogP contribution < -0.4 is 0 Å². The van der Waals surface area contributed by atoms with Gasteiger partial charge in [0.1, 0.15) is 6.07 Å². The molecule has 0 atom stereocenters. The molecule has 3 nitrogen and oxygen atoms in total. The molecule has 2 aromatic heterocycles. The third-order valence-corrected chi connectivity index (χ3v) is 4.72. The molecular weight excluding hydrogens is 286 g/mol. The SMILES string of the molecule is CCc1ccsc1Cn1c(=S)[nH]c2c(C#N)cccc21. The molecule has 0 unspecified atom stereocenters. The fourth-order valence-corrected chi connectivity index (χ4v) is 3.62. The van der Waals surface area contributed by atoms with Gasteiger partial charge in [0.05, 0.1) is 23.1 Å². The van der Waals surface area contributed by atoms with Crippen LogP contribution in [0.15, 0.2) is 29.6 Å². The number of H-pyrrole nitrogens is 1. The van der Waals surface area contributed by atoms with Gasteiger partial charge in [-0.05, 0) is 47.8 Å². The number of hydrogen-bond acceptors (Lipinski definition) is 3. The van der Waals surface area contributed by atoms with Crippen molar-refractivity contribution < 1.29 is 0 Å². The molecule has 0 aliphatic heterocycles. The zero-order valence-corrected chi connectivity index (χ0v) is 12.6. The summed E-state index contributed by atoms with van der Waals surface area (Å²) in [5.74, 6) is 0. The lowest BCUT2D eigenvalue weighted by molar-refractivity contribution is 0.814. The third-order valence-electron chi connectivity index (χ3n) is 3.45. The minimum atomic E-state index is 0.634. The highest BCUT2D eigenvalue weighted by molar-refractivity contribution is 7.71. The molecule has 0 amide bonds. The van der Waals surface area contributed by atoms with Crippen molar-refractivity contribution in [2.75, 3.05) is 0 Å². The van der Waals surface area contributed by atoms with Crippen LogP contribution in [0.5, 0.6) is 0 Å². The lowest BCUT2D eigenvalue weighted by atomic mass is 10.2. The largest absolute Gasteiger partial charge is 0.329 e. The van der Waals surface area contributed by atoms with E-state index in [0.29, 0.717) is 10.3 Å². The number of para-hydroxylation sites is 1. The number of nitrogens with one attached hydrogen (secondary N) is 1. The van der Waals surface area contributed by atoms with Gasteiger partial charge in [-0.1, -0.05) is 13.0 Å². The maximum absolute atomic E-state index is 9.16. The lowest BCUT2D eigenvalue weighted by Crippen LogP contribution is -2.00. The molecule has 0 spiro atoms. The molecule has 3 rings (SSSR count). The van der Waals surface area contributed by atoms with Gasteiger partial charge in [0.2, 0.25) is 0 Å². The van der Waals surface area contributed by atoms with Crippen molar-refractivity contribution >= 4 is 34.6 Å². The van der Waals surface area contributed by atoms with E-state index in [0.717, 1.165) is 24.0 Å². The van der Waals surface area contributed by atoms with E-state index >= 15 is 0 Å². The molecule has 0 aliphatic carbocycles. The average Bonchev–Trinajstić information content (AvgIpc) is 3.04. The summed E-state index contributed by atoms with van der Waals surface area (Å²) in [6.07, 6.45) is 1.03. The summed E-state index contributed by atoms with van der Waals surface area (Å²) in [5.41, 5.74) is 3.82. The zero-order valence-electron chi connectivity index (χ0n) is 11.0. The van der Waals surface area contributed by atoms with Gasteiger partial charge in [-0.3, -0.25) is 0 Å². The van der Waals surface area contributed by atoms with Crippen LogP contribution in [0.3, 0.4) is 0 Å². The summed E-state index contributed by atoms with van der Waals surface area (Å²) in [4.78, 5) is 4.48. The molecule has 0 radical (unpaired) electrons. The number of aromatic amines is 1. The van der Waals surface area contributed by atoms with Gasteiger partial charge in [0, 0.05) is 4.88 Å². The Balaban J connectivity index is 2.16. The molecule has 3 aromatic rings. The number of rotatable bonds is 3. The maximum atomic E-state index is 9.16. The van der Waals surface area contributed by atoms with Crippen molar-refractivity contribution in [2.24, 2.45) is 0 Å². The van der Waals surface area contributed by atoms with Crippen molar-refractivity contribution in [2.45, 2.75) is 19.9 Å². The number of thiophene rings is 1. The number of nitriles is 1. The first-order valence-corrected chi connectivity index (χ1v) is 7.70. The molecule has 5 heteroatoms. The minimum absolute atomic E-state index is 0.634. The first-order valence-electron chi connectivity index (χ1n) is 6.41. The molecule has 0 fully saturated rings. The van der Waals surface area contributed by atoms with Gasteiger partial charge in [-0.2, -0.15) is 5.26 Å². The fourth-order valence-electron chi connectivity index (χ4n) is 2.39. The van der Waals surface area contributed by atoms with Crippen LogP contribution in [0.2, 0.25) is 0 Å². The number of imidazole rings is 1. The minimum Gasteiger partial charge on any atom is -0.329 e. The predicted octanol–water partition coefficient (Wildman–Crippen LogP) is 4.24. The highest BCUT2D eigenvalue weighted by atomic mass is 32.1. The summed E-state index contributed by atoms with van der Waals surface area (Å²) in [5, 5.41) is 11.3. The summed E-state index contributed by atoms with van der Waals surface area (Å²) < 4.78 is 2.73. The van der Waals surface area contributed by atoms with E-state index < -0.39 is 0 Å². The number of fused-ring (bicyclic) bond motifs is 1. The summed E-state index contributed by atoms with van der Waals surface area (Å²) >= 11 is 7.17. The number of nitrogens with zero attached hydrogens (tertiary/aromatic N) is 2. The van der Waals surface area contributed by atoms with Crippen LogP contribution in [0.4, 0.5) is 0 Å². The Labute approximate surface area is 126 Å². The van der Waals surface area contributed by atoms with Gasteiger partial charge in [-0.25, -0.2) is 0 Å². The lowest BCUT2D eigenvalue weighted by Gasteiger charge is -2.05. The van der Waals surface area contributed by atoms with E-state index in [1.807, 2.05) is 12.1 Å². The van der Waals surface area contributed by atoms with Crippen LogP contribution in [-0.2, 0) is 13.0 Å². The maximum Gasteiger partial charge on any atom is 0.178 e. The smallest absolute Gasteiger partial charge is 0.178 e. The van der Waals surface area contributed by atoms with E-state index in [9.17, 15) is 0 Å². The first kappa shape index (κ1) is 13.1. The highest BCUT2D eigenvalue weighted by Gasteiger charge is 2.10. The van der Waals surface area contributed by atoms with Gasteiger partial charge in [-0.15, -0.1) is 11.3 Å². The molecule has 20 heavy (non-hydrogen) atoms. The van der Waals surface area contributed by atoms with Gasteiger partial charge < -0.3 is 9.55 Å². The van der Waals surface area contributed by atoms with Crippen molar-refractivity contribution in [3.05, 3.63) is 50.4 Å². The summed E-state index contributed by atoms with van der Waals surface area (Å²) in [6, 6.07) is 10.1. The normalized spacial score (nSPS) is 10.8. The van der Waals surface area contributed by atoms with Gasteiger partial charge >= 0.3 is 0 Å². The van der Waals surface area contributed by atoms with Crippen LogP contribution in [0.25, 0.3) is 11.0 Å². The topological polar surface area (TPSA) is 44.5 Å². The monoisotopic (exact) mass is 299 g/mol. The van der Waals surface area contributed by atoms with Crippen molar-refractivity contribution in [3.63, 3.8) is 0 Å². The van der Waals surface area contributed by atoms with Crippen LogP contribution in [-0.4, -0.2) is 9.55 Å². The van der Waals surface area contributed by atoms with Crippen LogP contribution >= 0.6 is 23.6 Å². The molecule has 0 bridgehead atoms. The fraction of sp³-hybridized carbons (Fsp3) is 0.200. The molecule has 0 aliphatic rings. The van der Waals surface area contributed by atoms with Crippen LogP contribution in [0.1, 0.15) is 22.9 Å². The van der Waals surface area contributed by atoms with Crippen LogP contribution in [0, 0.1) is 16.1 Å².